The van der Waals surface area contributed by atoms with Gasteiger partial charge in [0.15, 0.2) is 0 Å². The van der Waals surface area contributed by atoms with Crippen LogP contribution in [0.3, 0.4) is 0 Å². The number of fused-ring (bicyclic) bond motifs is 1. The molecule has 0 saturated heterocycles. The lowest BCUT2D eigenvalue weighted by molar-refractivity contribution is 0.0416. The lowest BCUT2D eigenvalue weighted by atomic mass is 10.1. The van der Waals surface area contributed by atoms with Gasteiger partial charge in [-0.15, -0.1) is 0 Å². The van der Waals surface area contributed by atoms with Crippen molar-refractivity contribution in [2.75, 3.05) is 0 Å². The molecule has 2 aliphatic rings. The van der Waals surface area contributed by atoms with E-state index in [1.54, 1.807) is 24.3 Å². The van der Waals surface area contributed by atoms with Gasteiger partial charge in [-0.3, -0.25) is 14.5 Å². The highest BCUT2D eigenvalue weighted by Gasteiger charge is 2.43. The van der Waals surface area contributed by atoms with Gasteiger partial charge in [-0.1, -0.05) is 12.1 Å². The number of carbonyl (C=O) groups excluding carboxylic acids is 2. The van der Waals surface area contributed by atoms with Gasteiger partial charge < -0.3 is 5.11 Å². The van der Waals surface area contributed by atoms with Crippen LogP contribution in [0.4, 0.5) is 0 Å². The second-order valence-corrected chi connectivity index (χ2v) is 4.59. The molecule has 17 heavy (non-hydrogen) atoms. The molecule has 1 fully saturated rings. The molecule has 2 unspecified atom stereocenters. The van der Waals surface area contributed by atoms with Crippen LogP contribution in [0.25, 0.3) is 0 Å². The van der Waals surface area contributed by atoms with Gasteiger partial charge in [-0.05, 0) is 31.4 Å². The summed E-state index contributed by atoms with van der Waals surface area (Å²) in [4.78, 5) is 25.5. The Bertz CT molecular complexity index is 462. The highest BCUT2D eigenvalue weighted by atomic mass is 16.3. The monoisotopic (exact) mass is 231 g/mol. The van der Waals surface area contributed by atoms with Crippen molar-refractivity contribution in [2.24, 2.45) is 0 Å². The maximum Gasteiger partial charge on any atom is 0.261 e. The zero-order chi connectivity index (χ0) is 12.0. The van der Waals surface area contributed by atoms with Crippen LogP contribution >= 0.6 is 0 Å². The second-order valence-electron chi connectivity index (χ2n) is 4.59. The van der Waals surface area contributed by atoms with Crippen molar-refractivity contribution in [1.82, 2.24) is 4.90 Å². The van der Waals surface area contributed by atoms with Crippen LogP contribution in [0.2, 0.25) is 0 Å². The molecule has 0 spiro atoms. The largest absolute Gasteiger partial charge is 0.391 e. The minimum atomic E-state index is -0.572. The first-order valence-electron chi connectivity index (χ1n) is 5.85. The summed E-state index contributed by atoms with van der Waals surface area (Å²) in [5.74, 6) is -0.534. The molecule has 1 aromatic rings. The van der Waals surface area contributed by atoms with E-state index in [0.717, 1.165) is 6.42 Å². The smallest absolute Gasteiger partial charge is 0.261 e. The average Bonchev–Trinajstić information content (AvgIpc) is 2.84. The second kappa shape index (κ2) is 3.67. The van der Waals surface area contributed by atoms with Crippen LogP contribution in [0, 0.1) is 0 Å². The Morgan fingerprint density at radius 1 is 1.06 bits per heavy atom. The molecule has 1 N–H and O–H groups in total. The molecule has 0 aromatic heterocycles. The van der Waals surface area contributed by atoms with Crippen molar-refractivity contribution < 1.29 is 14.7 Å². The fraction of sp³-hybridized carbons (Fsp3) is 0.385. The number of carbonyl (C=O) groups is 2. The molecule has 4 heteroatoms. The first kappa shape index (κ1) is 10.5. The predicted molar refractivity (Wildman–Crippen MR) is 60.6 cm³/mol. The third-order valence-electron chi connectivity index (χ3n) is 3.60. The van der Waals surface area contributed by atoms with E-state index in [0.29, 0.717) is 24.0 Å². The maximum atomic E-state index is 12.1. The zero-order valence-corrected chi connectivity index (χ0v) is 9.30. The van der Waals surface area contributed by atoms with Gasteiger partial charge in [0.1, 0.15) is 0 Å². The summed E-state index contributed by atoms with van der Waals surface area (Å²) in [5.41, 5.74) is 0.910. The van der Waals surface area contributed by atoms with Crippen molar-refractivity contribution in [3.05, 3.63) is 35.4 Å². The van der Waals surface area contributed by atoms with Gasteiger partial charge in [0.2, 0.25) is 0 Å². The first-order valence-corrected chi connectivity index (χ1v) is 5.85. The molecule has 1 aliphatic heterocycles. The highest BCUT2D eigenvalue weighted by Crippen LogP contribution is 2.31. The molecule has 1 saturated carbocycles. The molecule has 2 atom stereocenters. The van der Waals surface area contributed by atoms with E-state index in [-0.39, 0.29) is 17.9 Å². The predicted octanol–water partition coefficient (Wildman–Crippen LogP) is 1.20. The number of aliphatic hydroxyl groups is 1. The van der Waals surface area contributed by atoms with E-state index < -0.39 is 6.10 Å². The van der Waals surface area contributed by atoms with E-state index in [4.69, 9.17) is 0 Å². The van der Waals surface area contributed by atoms with Gasteiger partial charge in [-0.2, -0.15) is 0 Å². The van der Waals surface area contributed by atoms with Crippen molar-refractivity contribution >= 4 is 11.8 Å². The van der Waals surface area contributed by atoms with Gasteiger partial charge in [0.25, 0.3) is 11.8 Å². The van der Waals surface area contributed by atoms with Crippen LogP contribution < -0.4 is 0 Å². The van der Waals surface area contributed by atoms with Gasteiger partial charge in [-0.25, -0.2) is 0 Å². The summed E-state index contributed by atoms with van der Waals surface area (Å²) >= 11 is 0. The van der Waals surface area contributed by atoms with E-state index in [2.05, 4.69) is 0 Å². The Balaban J connectivity index is 2.00. The Kier molecular flexibility index (Phi) is 2.26. The van der Waals surface area contributed by atoms with Gasteiger partial charge >= 0.3 is 0 Å². The summed E-state index contributed by atoms with van der Waals surface area (Å²) in [6.45, 7) is 0. The molecule has 1 aromatic carbocycles. The molecule has 0 bridgehead atoms. The average molecular weight is 231 g/mol. The standard InChI is InChI=1S/C13H13NO3/c15-11-7-3-6-10(11)14-12(16)8-4-1-2-5-9(8)13(14)17/h1-2,4-5,10-11,15H,3,6-7H2. The third-order valence-corrected chi connectivity index (χ3v) is 3.60. The quantitative estimate of drug-likeness (QED) is 0.739. The fourth-order valence-corrected chi connectivity index (χ4v) is 2.73. The summed E-state index contributed by atoms with van der Waals surface area (Å²) in [5, 5.41) is 9.82. The van der Waals surface area contributed by atoms with Crippen LogP contribution in [0.5, 0.6) is 0 Å². The first-order chi connectivity index (χ1) is 8.20. The van der Waals surface area contributed by atoms with Gasteiger partial charge in [0.05, 0.1) is 23.3 Å². The lowest BCUT2D eigenvalue weighted by Gasteiger charge is -2.24. The van der Waals surface area contributed by atoms with Crippen molar-refractivity contribution in [3.63, 3.8) is 0 Å². The maximum absolute atomic E-state index is 12.1. The SMILES string of the molecule is O=C1c2ccccc2C(=O)N1C1CCCC1O. The Hall–Kier alpha value is -1.68. The minimum Gasteiger partial charge on any atom is -0.391 e. The number of imide groups is 1. The van der Waals surface area contributed by atoms with Crippen LogP contribution in [0.15, 0.2) is 24.3 Å². The fourth-order valence-electron chi connectivity index (χ4n) is 2.73. The number of aliphatic hydroxyl groups excluding tert-OH is 1. The zero-order valence-electron chi connectivity index (χ0n) is 9.30. The third kappa shape index (κ3) is 1.41. The van der Waals surface area contributed by atoms with E-state index >= 15 is 0 Å². The van der Waals surface area contributed by atoms with E-state index in [9.17, 15) is 14.7 Å². The number of nitrogens with zero attached hydrogens (tertiary/aromatic N) is 1. The molecule has 4 nitrogen and oxygen atoms in total. The number of rotatable bonds is 1. The van der Waals surface area contributed by atoms with Crippen molar-refractivity contribution in [1.29, 1.82) is 0 Å². The van der Waals surface area contributed by atoms with Crippen molar-refractivity contribution in [2.45, 2.75) is 31.4 Å². The summed E-state index contributed by atoms with van der Waals surface area (Å²) in [7, 11) is 0. The normalized spacial score (nSPS) is 27.7. The molecule has 3 rings (SSSR count). The minimum absolute atomic E-state index is 0.267. The number of hydrogen-bond acceptors (Lipinski definition) is 3. The Labute approximate surface area is 98.9 Å². The van der Waals surface area contributed by atoms with Gasteiger partial charge in [0, 0.05) is 0 Å². The molecule has 1 aliphatic carbocycles. The summed E-state index contributed by atoms with van der Waals surface area (Å²) < 4.78 is 0. The molecule has 0 radical (unpaired) electrons. The van der Waals surface area contributed by atoms with Crippen LogP contribution in [-0.4, -0.2) is 34.0 Å². The number of amides is 2. The Morgan fingerprint density at radius 2 is 1.65 bits per heavy atom. The summed E-state index contributed by atoms with van der Waals surface area (Å²) in [6.07, 6.45) is 1.65. The molecule has 88 valence electrons. The van der Waals surface area contributed by atoms with Crippen LogP contribution in [0.1, 0.15) is 40.0 Å². The van der Waals surface area contributed by atoms with Crippen molar-refractivity contribution in [3.8, 4) is 0 Å². The molecular formula is C13H13NO3. The topological polar surface area (TPSA) is 57.6 Å². The number of hydrogen-bond donors (Lipinski definition) is 1. The molecular weight excluding hydrogens is 218 g/mol. The highest BCUT2D eigenvalue weighted by molar-refractivity contribution is 6.21. The van der Waals surface area contributed by atoms with E-state index in [1.807, 2.05) is 0 Å². The number of benzene rings is 1. The van der Waals surface area contributed by atoms with E-state index in [1.165, 1.54) is 4.90 Å². The Morgan fingerprint density at radius 3 is 2.12 bits per heavy atom. The molecule has 1 heterocycles. The summed E-state index contributed by atoms with van der Waals surface area (Å²) in [6, 6.07) is 6.48. The van der Waals surface area contributed by atoms with Crippen LogP contribution in [-0.2, 0) is 0 Å². The lowest BCUT2D eigenvalue weighted by Crippen LogP contribution is -2.44. The molecule has 2 amide bonds.